The molecule has 0 saturated heterocycles. The highest BCUT2D eigenvalue weighted by atomic mass is 19.4. The topological polar surface area (TPSA) is 44.5 Å². The minimum absolute atomic E-state index is 0.174. The van der Waals surface area contributed by atoms with Crippen LogP contribution in [-0.2, 0) is 0 Å². The van der Waals surface area contributed by atoms with Crippen LogP contribution >= 0.6 is 0 Å². The zero-order valence-electron chi connectivity index (χ0n) is 10.3. The molecule has 0 radical (unpaired) electrons. The number of alkyl halides is 3. The van der Waals surface area contributed by atoms with E-state index in [4.69, 9.17) is 15.2 Å². The van der Waals surface area contributed by atoms with E-state index in [9.17, 15) is 13.2 Å². The van der Waals surface area contributed by atoms with Gasteiger partial charge < -0.3 is 15.2 Å². The number of halogens is 3. The number of hydrogen-bond donors (Lipinski definition) is 1. The maximum Gasteiger partial charge on any atom is 0.389 e. The van der Waals surface area contributed by atoms with Crippen molar-refractivity contribution in [3.8, 4) is 11.5 Å². The van der Waals surface area contributed by atoms with Crippen LogP contribution in [0.2, 0.25) is 0 Å². The Balaban J connectivity index is 2.81. The summed E-state index contributed by atoms with van der Waals surface area (Å²) in [4.78, 5) is 0. The predicted molar refractivity (Wildman–Crippen MR) is 61.8 cm³/mol. The molecule has 0 saturated carbocycles. The Labute approximate surface area is 104 Å². The van der Waals surface area contributed by atoms with Crippen LogP contribution in [0.25, 0.3) is 0 Å². The smallest absolute Gasteiger partial charge is 0.389 e. The average Bonchev–Trinajstić information content (AvgIpc) is 2.34. The molecule has 2 N–H and O–H groups in total. The number of benzene rings is 1. The van der Waals surface area contributed by atoms with Gasteiger partial charge in [0.05, 0.1) is 14.2 Å². The van der Waals surface area contributed by atoms with Gasteiger partial charge in [-0.2, -0.15) is 13.2 Å². The number of rotatable bonds is 5. The lowest BCUT2D eigenvalue weighted by atomic mass is 10.0. The zero-order valence-corrected chi connectivity index (χ0v) is 10.3. The Morgan fingerprint density at radius 3 is 2.39 bits per heavy atom. The molecule has 0 amide bonds. The second-order valence-corrected chi connectivity index (χ2v) is 3.87. The molecule has 102 valence electrons. The fraction of sp³-hybridized carbons (Fsp3) is 0.500. The van der Waals surface area contributed by atoms with E-state index in [0.717, 1.165) is 0 Å². The van der Waals surface area contributed by atoms with Crippen LogP contribution in [-0.4, -0.2) is 20.4 Å². The summed E-state index contributed by atoms with van der Waals surface area (Å²) in [5.74, 6) is 1.00. The molecule has 0 aliphatic heterocycles. The second-order valence-electron chi connectivity index (χ2n) is 3.87. The van der Waals surface area contributed by atoms with Gasteiger partial charge in [0, 0.05) is 24.1 Å². The van der Waals surface area contributed by atoms with Crippen molar-refractivity contribution >= 4 is 0 Å². The Morgan fingerprint density at radius 2 is 1.89 bits per heavy atom. The SMILES string of the molecule is COc1ccc([C@H](N)CCC(F)(F)F)c(OC)c1. The molecule has 1 aromatic rings. The van der Waals surface area contributed by atoms with E-state index in [2.05, 4.69) is 0 Å². The van der Waals surface area contributed by atoms with Gasteiger partial charge in [0.15, 0.2) is 0 Å². The third-order valence-electron chi connectivity index (χ3n) is 2.58. The quantitative estimate of drug-likeness (QED) is 0.888. The Morgan fingerprint density at radius 1 is 1.22 bits per heavy atom. The molecule has 0 fully saturated rings. The highest BCUT2D eigenvalue weighted by Crippen LogP contribution is 2.32. The highest BCUT2D eigenvalue weighted by Gasteiger charge is 2.28. The fourth-order valence-electron chi connectivity index (χ4n) is 1.60. The van der Waals surface area contributed by atoms with Crippen molar-refractivity contribution in [3.05, 3.63) is 23.8 Å². The minimum Gasteiger partial charge on any atom is -0.497 e. The normalized spacial score (nSPS) is 13.2. The molecule has 0 spiro atoms. The van der Waals surface area contributed by atoms with Crippen molar-refractivity contribution in [3.63, 3.8) is 0 Å². The van der Waals surface area contributed by atoms with Gasteiger partial charge in [0.1, 0.15) is 11.5 Å². The zero-order chi connectivity index (χ0) is 13.8. The van der Waals surface area contributed by atoms with Gasteiger partial charge >= 0.3 is 6.18 Å². The van der Waals surface area contributed by atoms with Crippen LogP contribution in [0, 0.1) is 0 Å². The molecular weight excluding hydrogens is 247 g/mol. The lowest BCUT2D eigenvalue weighted by Crippen LogP contribution is -2.16. The molecule has 0 unspecified atom stereocenters. The van der Waals surface area contributed by atoms with Gasteiger partial charge in [-0.3, -0.25) is 0 Å². The molecule has 3 nitrogen and oxygen atoms in total. The molecule has 6 heteroatoms. The third kappa shape index (κ3) is 4.10. The maximum absolute atomic E-state index is 12.1. The van der Waals surface area contributed by atoms with Gasteiger partial charge in [-0.1, -0.05) is 6.07 Å². The number of hydrogen-bond acceptors (Lipinski definition) is 3. The first kappa shape index (κ1) is 14.6. The summed E-state index contributed by atoms with van der Waals surface area (Å²) < 4.78 is 46.5. The Bertz CT molecular complexity index is 393. The monoisotopic (exact) mass is 263 g/mol. The summed E-state index contributed by atoms with van der Waals surface area (Å²) in [6.45, 7) is 0. The number of nitrogens with two attached hydrogens (primary N) is 1. The number of methoxy groups -OCH3 is 2. The summed E-state index contributed by atoms with van der Waals surface area (Å²) in [5.41, 5.74) is 6.29. The van der Waals surface area contributed by atoms with Crippen LogP contribution in [0.15, 0.2) is 18.2 Å². The summed E-state index contributed by atoms with van der Waals surface area (Å²) in [6, 6.07) is 4.15. The lowest BCUT2D eigenvalue weighted by molar-refractivity contribution is -0.136. The molecule has 0 aliphatic rings. The number of ether oxygens (including phenoxy) is 2. The first-order chi connectivity index (χ1) is 8.37. The molecule has 0 heterocycles. The van der Waals surface area contributed by atoms with E-state index in [0.29, 0.717) is 17.1 Å². The van der Waals surface area contributed by atoms with E-state index in [-0.39, 0.29) is 6.42 Å². The van der Waals surface area contributed by atoms with Crippen molar-refractivity contribution in [1.82, 2.24) is 0 Å². The standard InChI is InChI=1S/C12H16F3NO2/c1-17-8-3-4-9(11(7-8)18-2)10(16)5-6-12(13,14)15/h3-4,7,10H,5-6,16H2,1-2H3/t10-/m1/s1. The Kier molecular flexibility index (Phi) is 4.84. The second kappa shape index (κ2) is 5.95. The molecule has 1 rings (SSSR count). The summed E-state index contributed by atoms with van der Waals surface area (Å²) in [5, 5.41) is 0. The largest absolute Gasteiger partial charge is 0.497 e. The van der Waals surface area contributed by atoms with Gasteiger partial charge in [-0.05, 0) is 12.5 Å². The molecule has 0 aliphatic carbocycles. The molecule has 18 heavy (non-hydrogen) atoms. The maximum atomic E-state index is 12.1. The fourth-order valence-corrected chi connectivity index (χ4v) is 1.60. The third-order valence-corrected chi connectivity index (χ3v) is 2.58. The first-order valence-corrected chi connectivity index (χ1v) is 5.41. The van der Waals surface area contributed by atoms with Crippen LogP contribution in [0.1, 0.15) is 24.4 Å². The molecule has 1 atom stereocenters. The van der Waals surface area contributed by atoms with Crippen LogP contribution < -0.4 is 15.2 Å². The summed E-state index contributed by atoms with van der Waals surface area (Å²) >= 11 is 0. The van der Waals surface area contributed by atoms with E-state index in [1.54, 1.807) is 18.2 Å². The van der Waals surface area contributed by atoms with Crippen molar-refractivity contribution in [1.29, 1.82) is 0 Å². The lowest BCUT2D eigenvalue weighted by Gasteiger charge is -2.17. The van der Waals surface area contributed by atoms with Crippen molar-refractivity contribution in [2.75, 3.05) is 14.2 Å². The van der Waals surface area contributed by atoms with E-state index in [1.165, 1.54) is 14.2 Å². The summed E-state index contributed by atoms with van der Waals surface area (Å²) in [7, 11) is 2.94. The van der Waals surface area contributed by atoms with Crippen LogP contribution in [0.5, 0.6) is 11.5 Å². The van der Waals surface area contributed by atoms with Crippen molar-refractivity contribution < 1.29 is 22.6 Å². The van der Waals surface area contributed by atoms with Crippen molar-refractivity contribution in [2.45, 2.75) is 25.1 Å². The highest BCUT2D eigenvalue weighted by molar-refractivity contribution is 5.42. The molecule has 0 bridgehead atoms. The molecule has 0 aromatic heterocycles. The van der Waals surface area contributed by atoms with Gasteiger partial charge in [0.2, 0.25) is 0 Å². The first-order valence-electron chi connectivity index (χ1n) is 5.41. The van der Waals surface area contributed by atoms with Crippen LogP contribution in [0.4, 0.5) is 13.2 Å². The van der Waals surface area contributed by atoms with Gasteiger partial charge in [0.25, 0.3) is 0 Å². The Hall–Kier alpha value is -1.43. The van der Waals surface area contributed by atoms with E-state index < -0.39 is 18.6 Å². The van der Waals surface area contributed by atoms with Crippen molar-refractivity contribution in [2.24, 2.45) is 5.73 Å². The minimum atomic E-state index is -4.20. The van der Waals surface area contributed by atoms with Gasteiger partial charge in [-0.25, -0.2) is 0 Å². The summed E-state index contributed by atoms with van der Waals surface area (Å²) in [6.07, 6.45) is -5.28. The van der Waals surface area contributed by atoms with Gasteiger partial charge in [-0.15, -0.1) is 0 Å². The molecule has 1 aromatic carbocycles. The van der Waals surface area contributed by atoms with E-state index in [1.807, 2.05) is 0 Å². The predicted octanol–water partition coefficient (Wildman–Crippen LogP) is 3.05. The molecular formula is C12H16F3NO2. The average molecular weight is 263 g/mol. The van der Waals surface area contributed by atoms with E-state index >= 15 is 0 Å². The van der Waals surface area contributed by atoms with Crippen LogP contribution in [0.3, 0.4) is 0 Å².